The molecule has 0 atom stereocenters. The van der Waals surface area contributed by atoms with Gasteiger partial charge in [-0.2, -0.15) is 0 Å². The summed E-state index contributed by atoms with van der Waals surface area (Å²) in [6.45, 7) is 6.82. The van der Waals surface area contributed by atoms with E-state index >= 15 is 0 Å². The highest BCUT2D eigenvalue weighted by atomic mass is 16.2. The standard InChI is InChI=1S/C18H22N2O/c1-14-8-7-11-16(12-14)20-17(21)19-13-18(2,3)15-9-5-4-6-10-15/h4-12H,13H2,1-3H3,(H2,19,20,21). The van der Waals surface area contributed by atoms with Gasteiger partial charge in [0.15, 0.2) is 0 Å². The number of hydrogen-bond acceptors (Lipinski definition) is 1. The number of carbonyl (C=O) groups excluding carboxylic acids is 1. The van der Waals surface area contributed by atoms with E-state index in [1.54, 1.807) is 0 Å². The third kappa shape index (κ3) is 4.35. The fourth-order valence-electron chi connectivity index (χ4n) is 2.19. The normalized spacial score (nSPS) is 11.0. The van der Waals surface area contributed by atoms with E-state index in [9.17, 15) is 4.79 Å². The van der Waals surface area contributed by atoms with Gasteiger partial charge >= 0.3 is 6.03 Å². The molecule has 2 aromatic carbocycles. The SMILES string of the molecule is Cc1cccc(NC(=O)NCC(C)(C)c2ccccc2)c1. The van der Waals surface area contributed by atoms with Crippen LogP contribution in [0.2, 0.25) is 0 Å². The molecule has 0 heterocycles. The molecule has 3 nitrogen and oxygen atoms in total. The van der Waals surface area contributed by atoms with Gasteiger partial charge in [-0.3, -0.25) is 0 Å². The molecule has 0 unspecified atom stereocenters. The molecule has 0 aliphatic heterocycles. The predicted molar refractivity (Wildman–Crippen MR) is 87.7 cm³/mol. The van der Waals surface area contributed by atoms with Gasteiger partial charge < -0.3 is 10.6 Å². The summed E-state index contributed by atoms with van der Waals surface area (Å²) in [5.74, 6) is 0. The van der Waals surface area contributed by atoms with Gasteiger partial charge in [0.05, 0.1) is 0 Å². The van der Waals surface area contributed by atoms with E-state index < -0.39 is 0 Å². The average Bonchev–Trinajstić information content (AvgIpc) is 2.46. The van der Waals surface area contributed by atoms with E-state index in [0.717, 1.165) is 11.3 Å². The predicted octanol–water partition coefficient (Wildman–Crippen LogP) is 4.09. The van der Waals surface area contributed by atoms with Crippen LogP contribution in [-0.4, -0.2) is 12.6 Å². The Morgan fingerprint density at radius 2 is 1.76 bits per heavy atom. The van der Waals surface area contributed by atoms with Gasteiger partial charge in [0.2, 0.25) is 0 Å². The van der Waals surface area contributed by atoms with Crippen molar-refractivity contribution < 1.29 is 4.79 Å². The van der Waals surface area contributed by atoms with Crippen LogP contribution in [0.25, 0.3) is 0 Å². The Kier molecular flexibility index (Phi) is 4.63. The molecule has 21 heavy (non-hydrogen) atoms. The van der Waals surface area contributed by atoms with Crippen molar-refractivity contribution in [3.8, 4) is 0 Å². The molecule has 0 aromatic heterocycles. The molecule has 0 aliphatic rings. The van der Waals surface area contributed by atoms with Gasteiger partial charge in [0, 0.05) is 17.6 Å². The van der Waals surface area contributed by atoms with Crippen LogP contribution in [-0.2, 0) is 5.41 Å². The lowest BCUT2D eigenvalue weighted by atomic mass is 9.85. The maximum Gasteiger partial charge on any atom is 0.319 e. The fourth-order valence-corrected chi connectivity index (χ4v) is 2.19. The van der Waals surface area contributed by atoms with Gasteiger partial charge in [-0.1, -0.05) is 56.3 Å². The third-order valence-corrected chi connectivity index (χ3v) is 3.52. The van der Waals surface area contributed by atoms with Crippen molar-refractivity contribution in [2.45, 2.75) is 26.2 Å². The maximum absolute atomic E-state index is 12.0. The minimum absolute atomic E-state index is 0.106. The van der Waals surface area contributed by atoms with Crippen LogP contribution >= 0.6 is 0 Å². The quantitative estimate of drug-likeness (QED) is 0.871. The Bertz CT molecular complexity index is 606. The zero-order valence-corrected chi connectivity index (χ0v) is 12.8. The van der Waals surface area contributed by atoms with Crippen molar-refractivity contribution in [3.63, 3.8) is 0 Å². The number of aryl methyl sites for hydroxylation is 1. The molecular weight excluding hydrogens is 260 g/mol. The second-order valence-electron chi connectivity index (χ2n) is 5.93. The Morgan fingerprint density at radius 3 is 2.43 bits per heavy atom. The molecule has 0 aliphatic carbocycles. The summed E-state index contributed by atoms with van der Waals surface area (Å²) in [6.07, 6.45) is 0. The molecule has 0 bridgehead atoms. The van der Waals surface area contributed by atoms with Gasteiger partial charge in [-0.05, 0) is 30.2 Å². The number of rotatable bonds is 4. The molecule has 2 rings (SSSR count). The zero-order chi connectivity index (χ0) is 15.3. The Morgan fingerprint density at radius 1 is 1.05 bits per heavy atom. The highest BCUT2D eigenvalue weighted by Gasteiger charge is 2.20. The maximum atomic E-state index is 12.0. The zero-order valence-electron chi connectivity index (χ0n) is 12.8. The Balaban J connectivity index is 1.92. The molecule has 2 amide bonds. The average molecular weight is 282 g/mol. The molecule has 0 radical (unpaired) electrons. The van der Waals surface area contributed by atoms with Gasteiger partial charge in [-0.15, -0.1) is 0 Å². The first-order chi connectivity index (χ1) is 9.97. The fraction of sp³-hybridized carbons (Fsp3) is 0.278. The Hall–Kier alpha value is -2.29. The lowest BCUT2D eigenvalue weighted by Crippen LogP contribution is -2.38. The van der Waals surface area contributed by atoms with Crippen LogP contribution in [0.3, 0.4) is 0 Å². The lowest BCUT2D eigenvalue weighted by Gasteiger charge is -2.25. The summed E-state index contributed by atoms with van der Waals surface area (Å²) in [5, 5.41) is 5.80. The molecular formula is C18H22N2O. The Labute approximate surface area is 126 Å². The molecule has 0 saturated carbocycles. The molecule has 0 fully saturated rings. The largest absolute Gasteiger partial charge is 0.337 e. The highest BCUT2D eigenvalue weighted by molar-refractivity contribution is 5.89. The van der Waals surface area contributed by atoms with Gasteiger partial charge in [0.1, 0.15) is 0 Å². The summed E-state index contributed by atoms with van der Waals surface area (Å²) in [4.78, 5) is 12.0. The van der Waals surface area contributed by atoms with Crippen molar-refractivity contribution in [2.75, 3.05) is 11.9 Å². The van der Waals surface area contributed by atoms with Crippen LogP contribution in [0.1, 0.15) is 25.0 Å². The van der Waals surface area contributed by atoms with Gasteiger partial charge in [0.25, 0.3) is 0 Å². The van der Waals surface area contributed by atoms with Crippen molar-refractivity contribution in [1.82, 2.24) is 5.32 Å². The van der Waals surface area contributed by atoms with E-state index in [0.29, 0.717) is 6.54 Å². The van der Waals surface area contributed by atoms with E-state index in [4.69, 9.17) is 0 Å². The molecule has 3 heteroatoms. The number of anilines is 1. The smallest absolute Gasteiger partial charge is 0.319 e. The highest BCUT2D eigenvalue weighted by Crippen LogP contribution is 2.21. The van der Waals surface area contributed by atoms with Crippen molar-refractivity contribution in [1.29, 1.82) is 0 Å². The molecule has 2 N–H and O–H groups in total. The number of urea groups is 1. The number of hydrogen-bond donors (Lipinski definition) is 2. The summed E-state index contributed by atoms with van der Waals surface area (Å²) in [6, 6.07) is 17.8. The van der Waals surface area contributed by atoms with Crippen LogP contribution in [0.5, 0.6) is 0 Å². The van der Waals surface area contributed by atoms with Gasteiger partial charge in [-0.25, -0.2) is 4.79 Å². The van der Waals surface area contributed by atoms with E-state index in [1.807, 2.05) is 49.4 Å². The molecule has 2 aromatic rings. The van der Waals surface area contributed by atoms with E-state index in [-0.39, 0.29) is 11.4 Å². The van der Waals surface area contributed by atoms with Crippen LogP contribution in [0.15, 0.2) is 54.6 Å². The number of amides is 2. The monoisotopic (exact) mass is 282 g/mol. The van der Waals surface area contributed by atoms with Crippen molar-refractivity contribution in [2.24, 2.45) is 0 Å². The summed E-state index contributed by atoms with van der Waals surface area (Å²) < 4.78 is 0. The summed E-state index contributed by atoms with van der Waals surface area (Å²) >= 11 is 0. The second kappa shape index (κ2) is 6.44. The first kappa shape index (κ1) is 15.1. The number of benzene rings is 2. The first-order valence-electron chi connectivity index (χ1n) is 7.14. The molecule has 110 valence electrons. The van der Waals surface area contributed by atoms with Crippen LogP contribution in [0, 0.1) is 6.92 Å². The summed E-state index contributed by atoms with van der Waals surface area (Å²) in [7, 11) is 0. The van der Waals surface area contributed by atoms with E-state index in [1.165, 1.54) is 5.56 Å². The molecule has 0 spiro atoms. The number of nitrogens with one attached hydrogen (secondary N) is 2. The van der Waals surface area contributed by atoms with Crippen molar-refractivity contribution in [3.05, 3.63) is 65.7 Å². The topological polar surface area (TPSA) is 41.1 Å². The van der Waals surface area contributed by atoms with Crippen LogP contribution < -0.4 is 10.6 Å². The lowest BCUT2D eigenvalue weighted by molar-refractivity contribution is 0.249. The molecule has 0 saturated heterocycles. The minimum Gasteiger partial charge on any atom is -0.337 e. The summed E-state index contributed by atoms with van der Waals surface area (Å²) in [5.41, 5.74) is 3.04. The third-order valence-electron chi connectivity index (χ3n) is 3.52. The first-order valence-corrected chi connectivity index (χ1v) is 7.14. The second-order valence-corrected chi connectivity index (χ2v) is 5.93. The van der Waals surface area contributed by atoms with Crippen LogP contribution in [0.4, 0.5) is 10.5 Å². The van der Waals surface area contributed by atoms with Crippen molar-refractivity contribution >= 4 is 11.7 Å². The minimum atomic E-state index is -0.176. The number of carbonyl (C=O) groups is 1. The van der Waals surface area contributed by atoms with E-state index in [2.05, 4.69) is 36.6 Å².